The highest BCUT2D eigenvalue weighted by molar-refractivity contribution is 8.00. The van der Waals surface area contributed by atoms with Gasteiger partial charge in [0.1, 0.15) is 16.8 Å². The fraction of sp³-hybridized carbons (Fsp3) is 0.615. The molecule has 1 aromatic heterocycles. The lowest BCUT2D eigenvalue weighted by molar-refractivity contribution is -0.228. The van der Waals surface area contributed by atoms with Gasteiger partial charge in [-0.15, -0.1) is 11.8 Å². The van der Waals surface area contributed by atoms with E-state index >= 15 is 4.79 Å². The van der Waals surface area contributed by atoms with Gasteiger partial charge in [-0.05, 0) is 107 Å². The molecule has 3 aromatic rings. The molecule has 2 bridgehead atoms. The Labute approximate surface area is 403 Å². The summed E-state index contributed by atoms with van der Waals surface area (Å²) in [5, 5.41) is 26.5. The van der Waals surface area contributed by atoms with Gasteiger partial charge < -0.3 is 43.8 Å². The maximum Gasteiger partial charge on any atom is 0.344 e. The molecule has 68 heavy (non-hydrogen) atoms. The third-order valence-electron chi connectivity index (χ3n) is 16.4. The van der Waals surface area contributed by atoms with Crippen LogP contribution >= 0.6 is 11.8 Å². The molecule has 16 heteroatoms. The smallest absolute Gasteiger partial charge is 0.344 e. The minimum Gasteiger partial charge on any atom is -0.496 e. The standard InChI is InChI=1S/C52H68N4O11S/c1-11-48(61)25-31-26-51(45(59)64-9,41-33(16-20-55(27-31)29-48)34-22-32(14-15-37(34)53-41)68-28-40(58)67-47(4,5)6)36-23-35-38(24-39(36)63-8)54(7)43-50(35)18-21-56-19-13-17-49(12-2,42(50)56)44(66-30(3)57)52(43,62)46(60)65-10/h13-15,17,22-24,31,42-44,53,61-62H,11-12,16,18-21,25-29H2,1-10H3/t31-,42+,43?,44-,48+,49-,50-,51+,52+/m1/s1. The number of aliphatic hydroxyl groups is 2. The summed E-state index contributed by atoms with van der Waals surface area (Å²) in [6, 6.07) is 8.72. The molecule has 9 rings (SSSR count). The SMILES string of the molecule is CC[C@]1(O)C[C@H]2CN(CCc3c([nH]c4ccc(SCC(=O)OC(C)(C)C)cc34)[C@@](C(=O)OC)(c3cc4c(cc3OC)N(C)C3[C@]45CCN4CC=C[C@@](CC)([C@@H](OC(C)=O)[C@]3(O)C(=O)OC)[C@H]45)C2)C1. The van der Waals surface area contributed by atoms with Crippen molar-refractivity contribution >= 4 is 52.2 Å². The molecule has 1 aliphatic carbocycles. The van der Waals surface area contributed by atoms with Crippen molar-refractivity contribution in [2.45, 2.75) is 131 Å². The molecule has 0 radical (unpaired) electrons. The average Bonchev–Trinajstić information content (AvgIpc) is 3.96. The van der Waals surface area contributed by atoms with E-state index in [1.165, 1.54) is 32.9 Å². The summed E-state index contributed by atoms with van der Waals surface area (Å²) < 4.78 is 29.8. The highest BCUT2D eigenvalue weighted by atomic mass is 32.2. The number of nitrogens with one attached hydrogen (secondary N) is 1. The van der Waals surface area contributed by atoms with E-state index in [4.69, 9.17) is 23.7 Å². The van der Waals surface area contributed by atoms with Crippen molar-refractivity contribution in [1.29, 1.82) is 0 Å². The number of esters is 4. The zero-order chi connectivity index (χ0) is 48.9. The Morgan fingerprint density at radius 1 is 0.941 bits per heavy atom. The van der Waals surface area contributed by atoms with E-state index in [1.807, 2.05) is 76.9 Å². The molecule has 3 fully saturated rings. The molecule has 1 saturated carbocycles. The largest absolute Gasteiger partial charge is 0.496 e. The van der Waals surface area contributed by atoms with Gasteiger partial charge in [-0.25, -0.2) is 4.79 Å². The molecule has 0 amide bonds. The number of thioether (sulfide) groups is 1. The number of carbonyl (C=O) groups is 4. The van der Waals surface area contributed by atoms with Crippen LogP contribution in [0, 0.1) is 11.3 Å². The first-order valence-electron chi connectivity index (χ1n) is 24.1. The van der Waals surface area contributed by atoms with Crippen LogP contribution in [0.5, 0.6) is 5.75 Å². The van der Waals surface area contributed by atoms with Crippen LogP contribution in [0.1, 0.15) is 96.0 Å². The molecule has 10 atom stereocenters. The lowest BCUT2D eigenvalue weighted by atomic mass is 9.47. The van der Waals surface area contributed by atoms with Gasteiger partial charge in [-0.1, -0.05) is 26.0 Å². The predicted molar refractivity (Wildman–Crippen MR) is 257 cm³/mol. The summed E-state index contributed by atoms with van der Waals surface area (Å²) >= 11 is 1.39. The Kier molecular flexibility index (Phi) is 12.1. The highest BCUT2D eigenvalue weighted by Gasteiger charge is 2.80. The maximum atomic E-state index is 15.6. The van der Waals surface area contributed by atoms with Crippen molar-refractivity contribution in [2.75, 3.05) is 71.8 Å². The fourth-order valence-corrected chi connectivity index (χ4v) is 14.8. The zero-order valence-electron chi connectivity index (χ0n) is 41.2. The van der Waals surface area contributed by atoms with Crippen LogP contribution in [0.3, 0.4) is 0 Å². The number of aromatic nitrogens is 1. The number of fused-ring (bicyclic) bond motifs is 6. The van der Waals surface area contributed by atoms with Gasteiger partial charge in [0, 0.05) is 95.8 Å². The second-order valence-corrected chi connectivity index (χ2v) is 22.3. The van der Waals surface area contributed by atoms with Crippen LogP contribution in [0.15, 0.2) is 47.4 Å². The molecule has 2 aromatic carbocycles. The number of piperidine rings is 1. The minimum absolute atomic E-state index is 0.121. The van der Waals surface area contributed by atoms with Crippen molar-refractivity contribution in [2.24, 2.45) is 11.3 Å². The second kappa shape index (κ2) is 17.1. The van der Waals surface area contributed by atoms with E-state index < -0.39 is 63.1 Å². The summed E-state index contributed by atoms with van der Waals surface area (Å²) in [6.45, 7) is 13.9. The molecule has 3 N–H and O–H groups in total. The van der Waals surface area contributed by atoms with Crippen molar-refractivity contribution in [3.8, 4) is 5.75 Å². The zero-order valence-corrected chi connectivity index (χ0v) is 42.0. The second-order valence-electron chi connectivity index (χ2n) is 21.2. The third-order valence-corrected chi connectivity index (χ3v) is 17.4. The number of nitrogens with zero attached hydrogens (tertiary/aromatic N) is 3. The van der Waals surface area contributed by atoms with E-state index in [9.17, 15) is 24.6 Å². The minimum atomic E-state index is -2.34. The number of carbonyl (C=O) groups excluding carboxylic acids is 4. The van der Waals surface area contributed by atoms with Crippen LogP contribution < -0.4 is 9.64 Å². The first-order valence-corrected chi connectivity index (χ1v) is 25.1. The number of benzene rings is 2. The van der Waals surface area contributed by atoms with Crippen LogP contribution in [0.4, 0.5) is 5.69 Å². The Balaban J connectivity index is 1.31. The molecule has 2 unspecified atom stereocenters. The summed E-state index contributed by atoms with van der Waals surface area (Å²) in [6.07, 6.45) is 5.55. The van der Waals surface area contributed by atoms with Crippen LogP contribution in [0.25, 0.3) is 10.9 Å². The third kappa shape index (κ3) is 7.11. The Morgan fingerprint density at radius 3 is 2.35 bits per heavy atom. The molecule has 2 saturated heterocycles. The molecule has 5 aliphatic heterocycles. The van der Waals surface area contributed by atoms with E-state index in [-0.39, 0.29) is 30.1 Å². The molecule has 368 valence electrons. The van der Waals surface area contributed by atoms with Gasteiger partial charge in [-0.2, -0.15) is 0 Å². The number of ether oxygens (including phenoxy) is 5. The number of anilines is 1. The number of hydrogen-bond acceptors (Lipinski definition) is 15. The predicted octanol–water partition coefficient (Wildman–Crippen LogP) is 5.42. The number of aromatic amines is 1. The van der Waals surface area contributed by atoms with Crippen molar-refractivity contribution in [3.05, 3.63) is 64.9 Å². The molecule has 15 nitrogen and oxygen atoms in total. The van der Waals surface area contributed by atoms with E-state index in [0.717, 1.165) is 26.9 Å². The highest BCUT2D eigenvalue weighted by Crippen LogP contribution is 2.68. The fourth-order valence-electron chi connectivity index (χ4n) is 14.1. The van der Waals surface area contributed by atoms with Crippen LogP contribution in [-0.4, -0.2) is 151 Å². The summed E-state index contributed by atoms with van der Waals surface area (Å²) in [4.78, 5) is 67.4. The molecule has 6 heterocycles. The Hall–Kier alpha value is -4.61. The van der Waals surface area contributed by atoms with Gasteiger partial charge in [0.05, 0.1) is 38.7 Å². The van der Waals surface area contributed by atoms with Gasteiger partial charge in [0.25, 0.3) is 0 Å². The monoisotopic (exact) mass is 956 g/mol. The van der Waals surface area contributed by atoms with E-state index in [2.05, 4.69) is 26.9 Å². The first kappa shape index (κ1) is 48.4. The number of likely N-dealkylation sites (N-methyl/N-ethyl adjacent to an activating group) is 1. The number of rotatable bonds is 10. The Bertz CT molecular complexity index is 2570. The lowest BCUT2D eigenvalue weighted by Crippen LogP contribution is -2.81. The summed E-state index contributed by atoms with van der Waals surface area (Å²) in [5.74, 6) is -1.97. The van der Waals surface area contributed by atoms with Crippen LogP contribution in [0.2, 0.25) is 0 Å². The lowest BCUT2D eigenvalue weighted by Gasteiger charge is -2.63. The van der Waals surface area contributed by atoms with Gasteiger partial charge in [-0.3, -0.25) is 24.2 Å². The van der Waals surface area contributed by atoms with E-state index in [0.29, 0.717) is 87.5 Å². The molecular formula is C52H68N4O11S. The summed E-state index contributed by atoms with van der Waals surface area (Å²) in [5.41, 5.74) is -2.96. The molecule has 1 spiro atoms. The van der Waals surface area contributed by atoms with E-state index in [1.54, 1.807) is 7.11 Å². The van der Waals surface area contributed by atoms with Crippen molar-refractivity contribution in [3.63, 3.8) is 0 Å². The first-order chi connectivity index (χ1) is 32.2. The quantitative estimate of drug-likeness (QED) is 0.101. The number of methoxy groups -OCH3 is 3. The van der Waals surface area contributed by atoms with Gasteiger partial charge >= 0.3 is 23.9 Å². The Morgan fingerprint density at radius 2 is 1.69 bits per heavy atom. The van der Waals surface area contributed by atoms with Crippen LogP contribution in [-0.2, 0) is 55.4 Å². The average molecular weight is 957 g/mol. The summed E-state index contributed by atoms with van der Waals surface area (Å²) in [7, 11) is 6.08. The van der Waals surface area contributed by atoms with Gasteiger partial charge in [0.2, 0.25) is 5.60 Å². The van der Waals surface area contributed by atoms with Gasteiger partial charge in [0.15, 0.2) is 6.10 Å². The van der Waals surface area contributed by atoms with Crippen molar-refractivity contribution < 1.29 is 53.1 Å². The normalized spacial score (nSPS) is 33.8. The maximum absolute atomic E-state index is 15.6. The topological polar surface area (TPSA) is 180 Å². The number of H-pyrrole nitrogens is 1. The molecular weight excluding hydrogens is 889 g/mol. The number of hydrogen-bond donors (Lipinski definition) is 3. The molecule has 6 aliphatic rings. The van der Waals surface area contributed by atoms with Crippen molar-refractivity contribution in [1.82, 2.24) is 14.8 Å².